The van der Waals surface area contributed by atoms with Crippen molar-refractivity contribution < 1.29 is 17.9 Å². The summed E-state index contributed by atoms with van der Waals surface area (Å²) in [6.45, 7) is 1.53. The highest BCUT2D eigenvalue weighted by Crippen LogP contribution is 2.35. The van der Waals surface area contributed by atoms with Gasteiger partial charge in [-0.25, -0.2) is 13.2 Å². The molecule has 0 unspecified atom stereocenters. The average molecular weight is 395 g/mol. The van der Waals surface area contributed by atoms with Gasteiger partial charge in [0.1, 0.15) is 6.61 Å². The number of fused-ring (bicyclic) bond motifs is 1. The zero-order valence-corrected chi connectivity index (χ0v) is 15.7. The van der Waals surface area contributed by atoms with Gasteiger partial charge in [0, 0.05) is 10.1 Å². The molecule has 0 aliphatic rings. The van der Waals surface area contributed by atoms with Crippen molar-refractivity contribution in [3.63, 3.8) is 0 Å². The van der Waals surface area contributed by atoms with Gasteiger partial charge in [-0.1, -0.05) is 48.9 Å². The number of hydrogen-bond acceptors (Lipinski definition) is 5. The topological polar surface area (TPSA) is 60.4 Å². The lowest BCUT2D eigenvalue weighted by molar-refractivity contribution is 0.0472. The average Bonchev–Trinajstić information content (AvgIpc) is 2.96. The SMILES string of the molecule is CCS(=O)(=O)c1ccccc1C(=O)OCc1sc2ccccc2c1Cl. The molecule has 1 heterocycles. The summed E-state index contributed by atoms with van der Waals surface area (Å²) < 4.78 is 30.6. The van der Waals surface area contributed by atoms with Gasteiger partial charge < -0.3 is 4.74 Å². The highest BCUT2D eigenvalue weighted by molar-refractivity contribution is 7.91. The molecule has 0 N–H and O–H groups in total. The molecule has 0 fully saturated rings. The predicted molar refractivity (Wildman–Crippen MR) is 100 cm³/mol. The van der Waals surface area contributed by atoms with Gasteiger partial charge in [0.15, 0.2) is 9.84 Å². The van der Waals surface area contributed by atoms with Gasteiger partial charge in [-0.3, -0.25) is 0 Å². The summed E-state index contributed by atoms with van der Waals surface area (Å²) in [7, 11) is -3.51. The van der Waals surface area contributed by atoms with Crippen molar-refractivity contribution in [2.24, 2.45) is 0 Å². The molecule has 7 heteroatoms. The normalized spacial score (nSPS) is 11.6. The van der Waals surface area contributed by atoms with Gasteiger partial charge in [-0.05, 0) is 18.2 Å². The molecule has 0 saturated carbocycles. The molecule has 0 spiro atoms. The van der Waals surface area contributed by atoms with Crippen LogP contribution in [0.4, 0.5) is 0 Å². The maximum atomic E-state index is 12.4. The van der Waals surface area contributed by atoms with E-state index in [-0.39, 0.29) is 22.8 Å². The summed E-state index contributed by atoms with van der Waals surface area (Å²) >= 11 is 7.78. The Kier molecular flexibility index (Phi) is 5.13. The smallest absolute Gasteiger partial charge is 0.339 e. The number of thiophene rings is 1. The Balaban J connectivity index is 1.85. The first kappa shape index (κ1) is 17.9. The Bertz CT molecular complexity index is 1040. The molecule has 2 aromatic carbocycles. The molecule has 130 valence electrons. The van der Waals surface area contributed by atoms with Crippen molar-refractivity contribution in [3.05, 3.63) is 64.0 Å². The third kappa shape index (κ3) is 3.56. The van der Waals surface area contributed by atoms with Gasteiger partial charge in [-0.15, -0.1) is 11.3 Å². The number of hydrogen-bond donors (Lipinski definition) is 0. The minimum Gasteiger partial charge on any atom is -0.456 e. The first-order valence-corrected chi connectivity index (χ1v) is 10.4. The Morgan fingerprint density at radius 2 is 1.80 bits per heavy atom. The minimum absolute atomic E-state index is 0.00246. The highest BCUT2D eigenvalue weighted by Gasteiger charge is 2.22. The molecule has 0 aliphatic carbocycles. The van der Waals surface area contributed by atoms with Crippen LogP contribution in [0.3, 0.4) is 0 Å². The maximum absolute atomic E-state index is 12.4. The number of esters is 1. The van der Waals surface area contributed by atoms with Crippen LogP contribution in [-0.2, 0) is 21.2 Å². The van der Waals surface area contributed by atoms with Gasteiger partial charge >= 0.3 is 5.97 Å². The van der Waals surface area contributed by atoms with E-state index in [0.29, 0.717) is 5.02 Å². The Morgan fingerprint density at radius 1 is 1.12 bits per heavy atom. The fourth-order valence-corrected chi connectivity index (χ4v) is 4.91. The molecule has 0 saturated heterocycles. The van der Waals surface area contributed by atoms with E-state index < -0.39 is 15.8 Å². The Labute approximate surface area is 154 Å². The summed E-state index contributed by atoms with van der Waals surface area (Å²) in [6.07, 6.45) is 0. The summed E-state index contributed by atoms with van der Waals surface area (Å²) in [6, 6.07) is 13.7. The predicted octanol–water partition coefficient (Wildman–Crippen LogP) is 4.71. The van der Waals surface area contributed by atoms with Crippen molar-refractivity contribution in [3.8, 4) is 0 Å². The van der Waals surface area contributed by atoms with Gasteiger partial charge in [0.25, 0.3) is 0 Å². The molecule has 0 atom stereocenters. The lowest BCUT2D eigenvalue weighted by atomic mass is 10.2. The summed E-state index contributed by atoms with van der Waals surface area (Å²) in [4.78, 5) is 13.1. The summed E-state index contributed by atoms with van der Waals surface area (Å²) in [5, 5.41) is 1.47. The second-order valence-corrected chi connectivity index (χ2v) is 9.07. The lowest BCUT2D eigenvalue weighted by Crippen LogP contribution is -2.13. The van der Waals surface area contributed by atoms with E-state index >= 15 is 0 Å². The molecule has 25 heavy (non-hydrogen) atoms. The summed E-state index contributed by atoms with van der Waals surface area (Å²) in [5.41, 5.74) is 0.0431. The summed E-state index contributed by atoms with van der Waals surface area (Å²) in [5.74, 6) is -0.763. The quantitative estimate of drug-likeness (QED) is 0.588. The molecular formula is C18H15ClO4S2. The van der Waals surface area contributed by atoms with Crippen molar-refractivity contribution in [1.82, 2.24) is 0 Å². The molecular weight excluding hydrogens is 380 g/mol. The van der Waals surface area contributed by atoms with Crippen LogP contribution in [0.1, 0.15) is 22.2 Å². The molecule has 4 nitrogen and oxygen atoms in total. The zero-order valence-electron chi connectivity index (χ0n) is 13.4. The van der Waals surface area contributed by atoms with Crippen LogP contribution in [0.2, 0.25) is 5.02 Å². The van der Waals surface area contributed by atoms with E-state index in [1.807, 2.05) is 24.3 Å². The zero-order chi connectivity index (χ0) is 18.0. The lowest BCUT2D eigenvalue weighted by Gasteiger charge is -2.09. The number of ether oxygens (including phenoxy) is 1. The molecule has 1 aromatic heterocycles. The van der Waals surface area contributed by atoms with Crippen molar-refractivity contribution in [2.75, 3.05) is 5.75 Å². The van der Waals surface area contributed by atoms with E-state index in [0.717, 1.165) is 15.0 Å². The third-order valence-electron chi connectivity index (χ3n) is 3.76. The first-order chi connectivity index (χ1) is 11.9. The van der Waals surface area contributed by atoms with Crippen LogP contribution in [0, 0.1) is 0 Å². The largest absolute Gasteiger partial charge is 0.456 e. The Hall–Kier alpha value is -1.89. The van der Waals surface area contributed by atoms with Crippen LogP contribution in [0.25, 0.3) is 10.1 Å². The van der Waals surface area contributed by atoms with Gasteiger partial charge in [0.05, 0.1) is 26.1 Å². The number of sulfone groups is 1. The fourth-order valence-electron chi connectivity index (χ4n) is 2.43. The number of carbonyl (C=O) groups is 1. The number of halogens is 1. The monoisotopic (exact) mass is 394 g/mol. The number of benzene rings is 2. The second-order valence-electron chi connectivity index (χ2n) is 5.31. The van der Waals surface area contributed by atoms with Crippen LogP contribution >= 0.6 is 22.9 Å². The molecule has 0 bridgehead atoms. The standard InChI is InChI=1S/C18H15ClO4S2/c1-2-25(21,22)16-10-6-4-8-13(16)18(20)23-11-15-17(19)12-7-3-5-9-14(12)24-15/h3-10H,2,11H2,1H3. The number of rotatable bonds is 5. The molecule has 3 aromatic rings. The molecule has 0 amide bonds. The third-order valence-corrected chi connectivity index (χ3v) is 7.23. The van der Waals surface area contributed by atoms with Crippen LogP contribution in [-0.4, -0.2) is 20.1 Å². The van der Waals surface area contributed by atoms with E-state index in [2.05, 4.69) is 0 Å². The molecule has 0 radical (unpaired) electrons. The number of carbonyl (C=O) groups excluding carboxylic acids is 1. The van der Waals surface area contributed by atoms with Crippen LogP contribution in [0.5, 0.6) is 0 Å². The fraction of sp³-hybridized carbons (Fsp3) is 0.167. The van der Waals surface area contributed by atoms with E-state index in [1.54, 1.807) is 12.1 Å². The van der Waals surface area contributed by atoms with Crippen LogP contribution < -0.4 is 0 Å². The van der Waals surface area contributed by atoms with Crippen molar-refractivity contribution >= 4 is 48.8 Å². The van der Waals surface area contributed by atoms with Crippen molar-refractivity contribution in [2.45, 2.75) is 18.4 Å². The maximum Gasteiger partial charge on any atom is 0.339 e. The van der Waals surface area contributed by atoms with E-state index in [9.17, 15) is 13.2 Å². The molecule has 0 aliphatic heterocycles. The Morgan fingerprint density at radius 3 is 2.52 bits per heavy atom. The van der Waals surface area contributed by atoms with E-state index in [1.165, 1.54) is 30.4 Å². The van der Waals surface area contributed by atoms with Gasteiger partial charge in [-0.2, -0.15) is 0 Å². The molecule has 3 rings (SSSR count). The van der Waals surface area contributed by atoms with Crippen molar-refractivity contribution in [1.29, 1.82) is 0 Å². The van der Waals surface area contributed by atoms with Crippen LogP contribution in [0.15, 0.2) is 53.4 Å². The van der Waals surface area contributed by atoms with E-state index in [4.69, 9.17) is 16.3 Å². The van der Waals surface area contributed by atoms with Gasteiger partial charge in [0.2, 0.25) is 0 Å². The minimum atomic E-state index is -3.51. The first-order valence-electron chi connectivity index (χ1n) is 7.59. The highest BCUT2D eigenvalue weighted by atomic mass is 35.5. The second kappa shape index (κ2) is 7.15.